The molecule has 0 aromatic carbocycles. The molecule has 2 N–H and O–H groups in total. The quantitative estimate of drug-likeness (QED) is 0.701. The highest BCUT2D eigenvalue weighted by Gasteiger charge is 2.09. The maximum absolute atomic E-state index is 11.0. The molecular formula is C8H15NO4S. The van der Waals surface area contributed by atoms with Crippen LogP contribution in [0.3, 0.4) is 0 Å². The number of thioether (sulfide) groups is 1. The zero-order valence-electron chi connectivity index (χ0n) is 8.28. The summed E-state index contributed by atoms with van der Waals surface area (Å²) in [5, 5.41) is 10.8. The molecule has 1 atom stereocenters. The highest BCUT2D eigenvalue weighted by Crippen LogP contribution is 2.12. The molecule has 0 aromatic heterocycles. The highest BCUT2D eigenvalue weighted by molar-refractivity contribution is 8.00. The van der Waals surface area contributed by atoms with E-state index in [-0.39, 0.29) is 23.5 Å². The summed E-state index contributed by atoms with van der Waals surface area (Å²) in [6, 6.07) is 0. The molecule has 82 valence electrons. The van der Waals surface area contributed by atoms with Gasteiger partial charge in [0, 0.05) is 11.9 Å². The SMILES string of the molecule is COC(=O)NC(=O)CSC(C)CCO. The Bertz CT molecular complexity index is 198. The first kappa shape index (κ1) is 13.2. The van der Waals surface area contributed by atoms with Crippen LogP contribution >= 0.6 is 11.8 Å². The molecule has 0 aliphatic rings. The first-order chi connectivity index (χ1) is 6.60. The number of rotatable bonds is 5. The molecule has 0 aliphatic carbocycles. The number of hydrogen-bond acceptors (Lipinski definition) is 5. The van der Waals surface area contributed by atoms with E-state index in [2.05, 4.69) is 4.74 Å². The molecule has 14 heavy (non-hydrogen) atoms. The summed E-state index contributed by atoms with van der Waals surface area (Å²) in [4.78, 5) is 21.6. The van der Waals surface area contributed by atoms with Gasteiger partial charge < -0.3 is 9.84 Å². The Hall–Kier alpha value is -0.750. The lowest BCUT2D eigenvalue weighted by molar-refractivity contribution is -0.117. The van der Waals surface area contributed by atoms with Crippen LogP contribution in [0.25, 0.3) is 0 Å². The summed E-state index contributed by atoms with van der Waals surface area (Å²) in [6.07, 6.45) is -0.110. The van der Waals surface area contributed by atoms with Crippen molar-refractivity contribution in [3.05, 3.63) is 0 Å². The van der Waals surface area contributed by atoms with Gasteiger partial charge in [-0.3, -0.25) is 10.1 Å². The molecule has 5 nitrogen and oxygen atoms in total. The molecule has 0 bridgehead atoms. The van der Waals surface area contributed by atoms with E-state index in [1.807, 2.05) is 12.2 Å². The summed E-state index contributed by atoms with van der Waals surface area (Å²) in [7, 11) is 1.20. The second kappa shape index (κ2) is 7.64. The van der Waals surface area contributed by atoms with E-state index in [1.54, 1.807) is 0 Å². The number of hydrogen-bond donors (Lipinski definition) is 2. The van der Waals surface area contributed by atoms with Crippen LogP contribution in [-0.2, 0) is 9.53 Å². The Kier molecular flexibility index (Phi) is 7.23. The minimum absolute atomic E-state index is 0.104. The number of nitrogens with one attached hydrogen (secondary N) is 1. The van der Waals surface area contributed by atoms with Crippen LogP contribution in [-0.4, -0.2) is 41.8 Å². The van der Waals surface area contributed by atoms with E-state index >= 15 is 0 Å². The van der Waals surface area contributed by atoms with Gasteiger partial charge in [0.2, 0.25) is 5.91 Å². The van der Waals surface area contributed by atoms with Crippen molar-refractivity contribution in [3.8, 4) is 0 Å². The minimum Gasteiger partial charge on any atom is -0.453 e. The Morgan fingerprint density at radius 1 is 1.57 bits per heavy atom. The van der Waals surface area contributed by atoms with Crippen molar-refractivity contribution in [1.82, 2.24) is 5.32 Å². The summed E-state index contributed by atoms with van der Waals surface area (Å²) >= 11 is 1.38. The number of aliphatic hydroxyl groups is 1. The molecular weight excluding hydrogens is 206 g/mol. The van der Waals surface area contributed by atoms with Crippen molar-refractivity contribution >= 4 is 23.8 Å². The van der Waals surface area contributed by atoms with E-state index in [9.17, 15) is 9.59 Å². The zero-order valence-corrected chi connectivity index (χ0v) is 9.10. The molecule has 0 aromatic rings. The summed E-state index contributed by atoms with van der Waals surface area (Å²) in [5.74, 6) is -0.192. The van der Waals surface area contributed by atoms with E-state index < -0.39 is 6.09 Å². The van der Waals surface area contributed by atoms with Crippen molar-refractivity contribution in [2.45, 2.75) is 18.6 Å². The van der Waals surface area contributed by atoms with Crippen molar-refractivity contribution in [2.75, 3.05) is 19.5 Å². The number of methoxy groups -OCH3 is 1. The van der Waals surface area contributed by atoms with Crippen LogP contribution in [0.2, 0.25) is 0 Å². The molecule has 0 aliphatic heterocycles. The molecule has 0 rings (SSSR count). The van der Waals surface area contributed by atoms with Crippen LogP contribution in [0.15, 0.2) is 0 Å². The van der Waals surface area contributed by atoms with Gasteiger partial charge in [-0.25, -0.2) is 4.79 Å². The third-order valence-electron chi connectivity index (χ3n) is 1.46. The minimum atomic E-state index is -0.745. The second-order valence-corrected chi connectivity index (χ2v) is 4.10. The van der Waals surface area contributed by atoms with Crippen LogP contribution in [0.4, 0.5) is 4.79 Å². The van der Waals surface area contributed by atoms with E-state index in [0.29, 0.717) is 6.42 Å². The van der Waals surface area contributed by atoms with Crippen LogP contribution in [0, 0.1) is 0 Å². The molecule has 1 unspecified atom stereocenters. The molecule has 0 radical (unpaired) electrons. The van der Waals surface area contributed by atoms with Crippen molar-refractivity contribution in [2.24, 2.45) is 0 Å². The van der Waals surface area contributed by atoms with Gasteiger partial charge >= 0.3 is 6.09 Å². The van der Waals surface area contributed by atoms with Crippen molar-refractivity contribution < 1.29 is 19.4 Å². The Morgan fingerprint density at radius 2 is 2.21 bits per heavy atom. The van der Waals surface area contributed by atoms with Gasteiger partial charge in [-0.05, 0) is 6.42 Å². The smallest absolute Gasteiger partial charge is 0.413 e. The number of ether oxygens (including phenoxy) is 1. The molecule has 0 fully saturated rings. The number of alkyl carbamates (subject to hydrolysis) is 1. The standard InChI is InChI=1S/C8H15NO4S/c1-6(3-4-10)14-5-7(11)9-8(12)13-2/h6,10H,3-5H2,1-2H3,(H,9,11,12). The van der Waals surface area contributed by atoms with Gasteiger partial charge in [-0.1, -0.05) is 6.92 Å². The predicted octanol–water partition coefficient (Wildman–Crippen LogP) is 0.373. The number of aliphatic hydroxyl groups excluding tert-OH is 1. The van der Waals surface area contributed by atoms with Crippen LogP contribution in [0.1, 0.15) is 13.3 Å². The fourth-order valence-electron chi connectivity index (χ4n) is 0.684. The fraction of sp³-hybridized carbons (Fsp3) is 0.750. The van der Waals surface area contributed by atoms with E-state index in [0.717, 1.165) is 0 Å². The average Bonchev–Trinajstić information content (AvgIpc) is 2.15. The predicted molar refractivity (Wildman–Crippen MR) is 54.2 cm³/mol. The maximum atomic E-state index is 11.0. The monoisotopic (exact) mass is 221 g/mol. The highest BCUT2D eigenvalue weighted by atomic mass is 32.2. The summed E-state index contributed by atoms with van der Waals surface area (Å²) < 4.78 is 4.26. The lowest BCUT2D eigenvalue weighted by Crippen LogP contribution is -2.32. The number of amides is 2. The van der Waals surface area contributed by atoms with E-state index in [4.69, 9.17) is 5.11 Å². The van der Waals surface area contributed by atoms with E-state index in [1.165, 1.54) is 18.9 Å². The maximum Gasteiger partial charge on any atom is 0.413 e. The third kappa shape index (κ3) is 6.73. The van der Waals surface area contributed by atoms with Crippen LogP contribution in [0.5, 0.6) is 0 Å². The van der Waals surface area contributed by atoms with Gasteiger partial charge in [0.25, 0.3) is 0 Å². The Labute approximate surface area is 87.2 Å². The first-order valence-electron chi connectivity index (χ1n) is 4.20. The van der Waals surface area contributed by atoms with Crippen LogP contribution < -0.4 is 5.32 Å². The molecule has 0 saturated heterocycles. The first-order valence-corrected chi connectivity index (χ1v) is 5.25. The average molecular weight is 221 g/mol. The van der Waals surface area contributed by atoms with Gasteiger partial charge in [0.1, 0.15) is 0 Å². The lowest BCUT2D eigenvalue weighted by atomic mass is 10.3. The normalized spacial score (nSPS) is 11.9. The molecule has 0 spiro atoms. The number of imide groups is 1. The molecule has 2 amide bonds. The molecule has 0 heterocycles. The van der Waals surface area contributed by atoms with Crippen molar-refractivity contribution in [1.29, 1.82) is 0 Å². The van der Waals surface area contributed by atoms with Gasteiger partial charge in [0.05, 0.1) is 12.9 Å². The molecule has 0 saturated carbocycles. The lowest BCUT2D eigenvalue weighted by Gasteiger charge is -2.08. The Morgan fingerprint density at radius 3 is 2.71 bits per heavy atom. The van der Waals surface area contributed by atoms with Gasteiger partial charge in [0.15, 0.2) is 0 Å². The molecule has 6 heteroatoms. The fourth-order valence-corrected chi connectivity index (χ4v) is 1.46. The van der Waals surface area contributed by atoms with Crippen molar-refractivity contribution in [3.63, 3.8) is 0 Å². The number of carbonyl (C=O) groups excluding carboxylic acids is 2. The largest absolute Gasteiger partial charge is 0.453 e. The third-order valence-corrected chi connectivity index (χ3v) is 2.70. The zero-order chi connectivity index (χ0) is 11.0. The second-order valence-electron chi connectivity index (χ2n) is 2.67. The Balaban J connectivity index is 3.58. The summed E-state index contributed by atoms with van der Waals surface area (Å²) in [5.41, 5.74) is 0. The summed E-state index contributed by atoms with van der Waals surface area (Å²) in [6.45, 7) is 2.01. The number of carbonyl (C=O) groups is 2. The van der Waals surface area contributed by atoms with Gasteiger partial charge in [-0.15, -0.1) is 11.8 Å². The van der Waals surface area contributed by atoms with Gasteiger partial charge in [-0.2, -0.15) is 0 Å². The topological polar surface area (TPSA) is 75.6 Å².